The van der Waals surface area contributed by atoms with Gasteiger partial charge in [0, 0.05) is 6.42 Å². The summed E-state index contributed by atoms with van der Waals surface area (Å²) < 4.78 is 48.6. The molecule has 0 aliphatic carbocycles. The minimum atomic E-state index is -4.64. The summed E-state index contributed by atoms with van der Waals surface area (Å²) >= 11 is 0. The summed E-state index contributed by atoms with van der Waals surface area (Å²) in [5.74, 6) is -3.94. The van der Waals surface area contributed by atoms with Crippen LogP contribution in [0.2, 0.25) is 0 Å². The molecule has 13 heteroatoms. The van der Waals surface area contributed by atoms with Gasteiger partial charge in [-0.3, -0.25) is 0 Å². The van der Waals surface area contributed by atoms with Gasteiger partial charge in [0.1, 0.15) is 23.6 Å². The van der Waals surface area contributed by atoms with E-state index in [0.29, 0.717) is 6.07 Å². The Morgan fingerprint density at radius 3 is 2.39 bits per heavy atom. The molecule has 10 nitrogen and oxygen atoms in total. The van der Waals surface area contributed by atoms with Gasteiger partial charge in [-0.25, -0.2) is 19.6 Å². The van der Waals surface area contributed by atoms with Crippen molar-refractivity contribution in [2.24, 2.45) is 5.73 Å². The summed E-state index contributed by atoms with van der Waals surface area (Å²) in [6, 6.07) is 3.45. The molecule has 0 radical (unpaired) electrons. The minimum absolute atomic E-state index is 0.124. The van der Waals surface area contributed by atoms with Gasteiger partial charge in [0.2, 0.25) is 11.8 Å². The number of ether oxygens (including phenoxy) is 1. The number of pyridine rings is 1. The van der Waals surface area contributed by atoms with Crippen molar-refractivity contribution in [1.29, 1.82) is 5.26 Å². The smallest absolute Gasteiger partial charge is 0.433 e. The lowest BCUT2D eigenvalue weighted by Crippen LogP contribution is -2.16. The average Bonchev–Trinajstić information content (AvgIpc) is 3.15. The topological polar surface area (TPSA) is 173 Å². The molecular weight excluding hydrogens is 389 g/mol. The molecular formula is C15H13F3N4O6. The van der Waals surface area contributed by atoms with Gasteiger partial charge >= 0.3 is 18.1 Å². The Morgan fingerprint density at radius 2 is 1.96 bits per heavy atom. The molecule has 2 aromatic heterocycles. The van der Waals surface area contributed by atoms with Gasteiger partial charge in [0.05, 0.1) is 6.20 Å². The van der Waals surface area contributed by atoms with E-state index in [1.165, 1.54) is 12.5 Å². The highest BCUT2D eigenvalue weighted by molar-refractivity contribution is 6.27. The molecule has 4 N–H and O–H groups in total. The quantitative estimate of drug-likeness (QED) is 0.623. The fourth-order valence-electron chi connectivity index (χ4n) is 1.69. The lowest BCUT2D eigenvalue weighted by Gasteiger charge is -2.16. The Morgan fingerprint density at radius 1 is 1.32 bits per heavy atom. The van der Waals surface area contributed by atoms with E-state index in [4.69, 9.17) is 40.0 Å². The molecule has 0 amide bonds. The monoisotopic (exact) mass is 402 g/mol. The van der Waals surface area contributed by atoms with Crippen LogP contribution in [-0.4, -0.2) is 38.7 Å². The lowest BCUT2D eigenvalue weighted by molar-refractivity contribution is -0.159. The molecule has 0 aliphatic heterocycles. The molecule has 0 spiro atoms. The van der Waals surface area contributed by atoms with Crippen LogP contribution in [0.15, 0.2) is 29.0 Å². The molecule has 28 heavy (non-hydrogen) atoms. The zero-order valence-electron chi connectivity index (χ0n) is 13.9. The van der Waals surface area contributed by atoms with Crippen molar-refractivity contribution in [2.45, 2.75) is 18.7 Å². The van der Waals surface area contributed by atoms with Gasteiger partial charge in [-0.15, -0.1) is 0 Å². The zero-order chi connectivity index (χ0) is 21.3. The first-order chi connectivity index (χ1) is 13.1. The van der Waals surface area contributed by atoms with E-state index < -0.39 is 35.8 Å². The number of hydrogen-bond donors (Lipinski definition) is 3. The number of carboxylic acid groups (broad SMARTS) is 2. The molecule has 0 bridgehead atoms. The summed E-state index contributed by atoms with van der Waals surface area (Å²) in [7, 11) is 0. The molecule has 0 fully saturated rings. The number of rotatable bonds is 5. The van der Waals surface area contributed by atoms with Crippen LogP contribution < -0.4 is 10.5 Å². The Kier molecular flexibility index (Phi) is 7.90. The first-order valence-corrected chi connectivity index (χ1v) is 7.30. The molecule has 0 saturated heterocycles. The van der Waals surface area contributed by atoms with E-state index in [-0.39, 0.29) is 24.4 Å². The number of aliphatic carboxylic acids is 2. The first kappa shape index (κ1) is 22.4. The summed E-state index contributed by atoms with van der Waals surface area (Å²) in [4.78, 5) is 25.4. The number of nitriles is 1. The summed E-state index contributed by atoms with van der Waals surface area (Å²) in [5.41, 5.74) is 4.17. The molecule has 2 aromatic rings. The average molecular weight is 402 g/mol. The minimum Gasteiger partial charge on any atom is -0.473 e. The van der Waals surface area contributed by atoms with Gasteiger partial charge in [-0.1, -0.05) is 0 Å². The number of carbonyl (C=O) groups is 2. The summed E-state index contributed by atoms with van der Waals surface area (Å²) in [6.45, 7) is 0.188. The number of hydrogen-bond acceptors (Lipinski definition) is 8. The van der Waals surface area contributed by atoms with E-state index in [0.717, 1.165) is 6.07 Å². The molecule has 1 atom stereocenters. The number of alkyl halides is 3. The van der Waals surface area contributed by atoms with Crippen molar-refractivity contribution in [3.8, 4) is 11.9 Å². The number of nitrogens with two attached hydrogens (primary N) is 1. The Hall–Kier alpha value is -3.66. The van der Waals surface area contributed by atoms with Crippen molar-refractivity contribution in [1.82, 2.24) is 9.97 Å². The number of aromatic nitrogens is 2. The first-order valence-electron chi connectivity index (χ1n) is 7.30. The van der Waals surface area contributed by atoms with Crippen LogP contribution >= 0.6 is 0 Å². The van der Waals surface area contributed by atoms with Gasteiger partial charge in [0.25, 0.3) is 0 Å². The standard InChI is InChI=1S/C13H11F3N4O2.C2H2O4/c14-13(15,16)10-2-1-8(7-18)11(20-10)22-9(3-4-17)12-19-5-6-21-12;3-1(4)2(5)6/h1-2,5-6,9H,3-4,17H2;(H,3,4)(H,5,6). The fraction of sp³-hybridized carbons (Fsp3) is 0.267. The molecule has 1 unspecified atom stereocenters. The Labute approximate surface area is 155 Å². The predicted molar refractivity (Wildman–Crippen MR) is 82.8 cm³/mol. The maximum atomic E-state index is 12.7. The highest BCUT2D eigenvalue weighted by Gasteiger charge is 2.34. The van der Waals surface area contributed by atoms with Crippen molar-refractivity contribution in [3.05, 3.63) is 41.7 Å². The molecule has 0 aliphatic rings. The second kappa shape index (κ2) is 9.88. The molecule has 0 aromatic carbocycles. The normalized spacial score (nSPS) is 11.5. The molecule has 150 valence electrons. The van der Waals surface area contributed by atoms with E-state index in [2.05, 4.69) is 9.97 Å². The largest absolute Gasteiger partial charge is 0.473 e. The lowest BCUT2D eigenvalue weighted by atomic mass is 10.2. The second-order valence-corrected chi connectivity index (χ2v) is 4.82. The molecule has 0 saturated carbocycles. The van der Waals surface area contributed by atoms with Crippen molar-refractivity contribution in [2.75, 3.05) is 6.54 Å². The SMILES string of the molecule is N#Cc1ccc(C(F)(F)F)nc1OC(CCN)c1ncco1.O=C(O)C(=O)O. The second-order valence-electron chi connectivity index (χ2n) is 4.82. The Bertz CT molecular complexity index is 836. The van der Waals surface area contributed by atoms with Crippen molar-refractivity contribution < 1.29 is 42.1 Å². The van der Waals surface area contributed by atoms with E-state index in [9.17, 15) is 13.2 Å². The number of oxazole rings is 1. The highest BCUT2D eigenvalue weighted by Crippen LogP contribution is 2.31. The number of halogens is 3. The zero-order valence-corrected chi connectivity index (χ0v) is 13.9. The number of nitrogens with zero attached hydrogens (tertiary/aromatic N) is 3. The third-order valence-corrected chi connectivity index (χ3v) is 2.86. The van der Waals surface area contributed by atoms with Crippen LogP contribution in [0.5, 0.6) is 5.88 Å². The van der Waals surface area contributed by atoms with Crippen LogP contribution in [-0.2, 0) is 15.8 Å². The van der Waals surface area contributed by atoms with Crippen LogP contribution in [0.1, 0.15) is 29.7 Å². The van der Waals surface area contributed by atoms with E-state index >= 15 is 0 Å². The maximum absolute atomic E-state index is 12.7. The highest BCUT2D eigenvalue weighted by atomic mass is 19.4. The summed E-state index contributed by atoms with van der Waals surface area (Å²) in [5, 5.41) is 23.8. The van der Waals surface area contributed by atoms with Crippen LogP contribution in [0, 0.1) is 11.3 Å². The van der Waals surface area contributed by atoms with E-state index in [1.54, 1.807) is 6.07 Å². The van der Waals surface area contributed by atoms with E-state index in [1.807, 2.05) is 0 Å². The maximum Gasteiger partial charge on any atom is 0.433 e. The van der Waals surface area contributed by atoms with Crippen LogP contribution in [0.25, 0.3) is 0 Å². The van der Waals surface area contributed by atoms with Crippen LogP contribution in [0.3, 0.4) is 0 Å². The van der Waals surface area contributed by atoms with Gasteiger partial charge in [0.15, 0.2) is 6.10 Å². The third kappa shape index (κ3) is 6.57. The predicted octanol–water partition coefficient (Wildman–Crippen LogP) is 1.58. The molecule has 2 heterocycles. The molecule has 2 rings (SSSR count). The summed E-state index contributed by atoms with van der Waals surface area (Å²) in [6.07, 6.45) is -2.56. The third-order valence-electron chi connectivity index (χ3n) is 2.86. The Balaban J connectivity index is 0.000000568. The van der Waals surface area contributed by atoms with Crippen LogP contribution in [0.4, 0.5) is 13.2 Å². The van der Waals surface area contributed by atoms with Crippen molar-refractivity contribution in [3.63, 3.8) is 0 Å². The number of carboxylic acids is 2. The van der Waals surface area contributed by atoms with Gasteiger partial charge in [-0.05, 0) is 18.7 Å². The van der Waals surface area contributed by atoms with Crippen molar-refractivity contribution >= 4 is 11.9 Å². The van der Waals surface area contributed by atoms with Gasteiger partial charge in [-0.2, -0.15) is 18.4 Å². The fourth-order valence-corrected chi connectivity index (χ4v) is 1.69. The van der Waals surface area contributed by atoms with Gasteiger partial charge < -0.3 is 25.1 Å².